The van der Waals surface area contributed by atoms with E-state index in [1.54, 1.807) is 13.8 Å². The Morgan fingerprint density at radius 2 is 1.89 bits per heavy atom. The van der Waals surface area contributed by atoms with Crippen LogP contribution in [0.4, 0.5) is 4.39 Å². The van der Waals surface area contributed by atoms with Crippen LogP contribution < -0.4 is 0 Å². The van der Waals surface area contributed by atoms with Gasteiger partial charge >= 0.3 is 0 Å². The Bertz CT molecular complexity index is 563. The molecule has 1 aromatic carbocycles. The van der Waals surface area contributed by atoms with Gasteiger partial charge in [-0.1, -0.05) is 23.2 Å². The monoisotopic (exact) mass is 347 g/mol. The Balaban J connectivity index is 3.38. The Hall–Kier alpha value is -0.0700. The summed E-state index contributed by atoms with van der Waals surface area (Å²) in [6.07, 6.45) is 0. The van der Waals surface area contributed by atoms with Gasteiger partial charge in [-0.15, -0.1) is 11.6 Å². The number of sulfonamides is 1. The summed E-state index contributed by atoms with van der Waals surface area (Å²) in [4.78, 5) is -0.310. The van der Waals surface area contributed by atoms with E-state index in [1.807, 2.05) is 0 Å². The maximum Gasteiger partial charge on any atom is 0.244 e. The molecule has 0 saturated heterocycles. The van der Waals surface area contributed by atoms with Crippen LogP contribution in [0.2, 0.25) is 10.0 Å². The van der Waals surface area contributed by atoms with E-state index in [4.69, 9.17) is 34.8 Å². The highest BCUT2D eigenvalue weighted by Crippen LogP contribution is 2.31. The van der Waals surface area contributed by atoms with E-state index in [2.05, 4.69) is 0 Å². The second-order valence-electron chi connectivity index (χ2n) is 4.07. The first kappa shape index (κ1) is 17.0. The van der Waals surface area contributed by atoms with Gasteiger partial charge in [-0.2, -0.15) is 4.31 Å². The molecule has 0 bridgehead atoms. The highest BCUT2D eigenvalue weighted by molar-refractivity contribution is 7.89. The molecule has 0 aliphatic heterocycles. The average Bonchev–Trinajstić information content (AvgIpc) is 2.32. The van der Waals surface area contributed by atoms with Crippen LogP contribution in [0.15, 0.2) is 17.0 Å². The van der Waals surface area contributed by atoms with E-state index in [1.165, 1.54) is 6.07 Å². The zero-order valence-electron chi connectivity index (χ0n) is 10.3. The van der Waals surface area contributed by atoms with Crippen molar-refractivity contribution in [3.05, 3.63) is 28.0 Å². The highest BCUT2D eigenvalue weighted by atomic mass is 35.5. The summed E-state index contributed by atoms with van der Waals surface area (Å²) in [5.74, 6) is -0.815. The molecule has 1 rings (SSSR count). The largest absolute Gasteiger partial charge is 0.244 e. The van der Waals surface area contributed by atoms with Crippen molar-refractivity contribution < 1.29 is 12.8 Å². The van der Waals surface area contributed by atoms with Crippen LogP contribution in [0.5, 0.6) is 0 Å². The quantitative estimate of drug-likeness (QED) is 0.600. The molecule has 0 aliphatic rings. The van der Waals surface area contributed by atoms with Crippen molar-refractivity contribution in [2.45, 2.75) is 24.8 Å². The van der Waals surface area contributed by atoms with E-state index in [0.29, 0.717) is 0 Å². The Kier molecular flexibility index (Phi) is 5.89. The van der Waals surface area contributed by atoms with Crippen LogP contribution in [0.1, 0.15) is 13.8 Å². The number of alkyl halides is 1. The third kappa shape index (κ3) is 3.52. The number of hydrogen-bond acceptors (Lipinski definition) is 2. The molecule has 0 heterocycles. The molecular weight excluding hydrogens is 336 g/mol. The van der Waals surface area contributed by atoms with Crippen LogP contribution >= 0.6 is 34.8 Å². The van der Waals surface area contributed by atoms with E-state index >= 15 is 0 Å². The Labute approximate surface area is 127 Å². The lowest BCUT2D eigenvalue weighted by Gasteiger charge is -2.25. The number of benzene rings is 1. The third-order valence-electron chi connectivity index (χ3n) is 2.47. The summed E-state index contributed by atoms with van der Waals surface area (Å²) in [6.45, 7) is 3.51. The topological polar surface area (TPSA) is 37.4 Å². The van der Waals surface area contributed by atoms with Gasteiger partial charge in [-0.3, -0.25) is 0 Å². The van der Waals surface area contributed by atoms with E-state index in [-0.39, 0.29) is 28.4 Å². The van der Waals surface area contributed by atoms with E-state index < -0.39 is 20.9 Å². The summed E-state index contributed by atoms with van der Waals surface area (Å²) in [7, 11) is -3.91. The molecule has 0 N–H and O–H groups in total. The lowest BCUT2D eigenvalue weighted by atomic mass is 10.3. The minimum Gasteiger partial charge on any atom is -0.207 e. The van der Waals surface area contributed by atoms with Crippen molar-refractivity contribution in [1.82, 2.24) is 4.31 Å². The molecule has 0 spiro atoms. The summed E-state index contributed by atoms with van der Waals surface area (Å²) in [6, 6.07) is 2.03. The van der Waals surface area contributed by atoms with Crippen molar-refractivity contribution in [3.8, 4) is 0 Å². The maximum atomic E-state index is 13.6. The predicted octanol–water partition coefficient (Wildman–Crippen LogP) is 3.77. The average molecular weight is 349 g/mol. The van der Waals surface area contributed by atoms with Crippen LogP contribution in [-0.4, -0.2) is 31.2 Å². The predicted molar refractivity (Wildman–Crippen MR) is 76.2 cm³/mol. The lowest BCUT2D eigenvalue weighted by molar-refractivity contribution is 0.370. The van der Waals surface area contributed by atoms with Crippen molar-refractivity contribution in [3.63, 3.8) is 0 Å². The minimum atomic E-state index is -3.91. The zero-order valence-corrected chi connectivity index (χ0v) is 13.4. The molecule has 0 fully saturated rings. The van der Waals surface area contributed by atoms with Gasteiger partial charge in [-0.05, 0) is 26.0 Å². The normalized spacial score (nSPS) is 12.4. The molecule has 1 aromatic rings. The van der Waals surface area contributed by atoms with Gasteiger partial charge in [0.2, 0.25) is 10.0 Å². The summed E-state index contributed by atoms with van der Waals surface area (Å²) < 4.78 is 39.6. The molecule has 0 atom stereocenters. The van der Waals surface area contributed by atoms with Gasteiger partial charge in [0.1, 0.15) is 4.90 Å². The number of rotatable bonds is 5. The Morgan fingerprint density at radius 1 is 1.32 bits per heavy atom. The second-order valence-corrected chi connectivity index (χ2v) is 7.09. The second kappa shape index (κ2) is 6.59. The smallest absolute Gasteiger partial charge is 0.207 e. The number of nitrogens with zero attached hydrogens (tertiary/aromatic N) is 1. The zero-order chi connectivity index (χ0) is 14.8. The van der Waals surface area contributed by atoms with Crippen LogP contribution in [0.25, 0.3) is 0 Å². The molecular formula is C11H13Cl3FNO2S. The van der Waals surface area contributed by atoms with Crippen molar-refractivity contribution >= 4 is 44.8 Å². The fourth-order valence-electron chi connectivity index (χ4n) is 1.57. The first-order valence-electron chi connectivity index (χ1n) is 5.44. The van der Waals surface area contributed by atoms with Gasteiger partial charge in [0.05, 0.1) is 10.0 Å². The summed E-state index contributed by atoms with van der Waals surface area (Å²) >= 11 is 16.9. The van der Waals surface area contributed by atoms with Crippen LogP contribution in [0.3, 0.4) is 0 Å². The van der Waals surface area contributed by atoms with E-state index in [9.17, 15) is 12.8 Å². The van der Waals surface area contributed by atoms with E-state index in [0.717, 1.165) is 10.4 Å². The first-order valence-corrected chi connectivity index (χ1v) is 8.17. The van der Waals surface area contributed by atoms with Gasteiger partial charge in [0, 0.05) is 18.5 Å². The molecule has 0 aromatic heterocycles. The lowest BCUT2D eigenvalue weighted by Crippen LogP contribution is -2.38. The fraction of sp³-hybridized carbons (Fsp3) is 0.455. The molecule has 0 aliphatic carbocycles. The molecule has 19 heavy (non-hydrogen) atoms. The van der Waals surface area contributed by atoms with Gasteiger partial charge in [-0.25, -0.2) is 12.8 Å². The fourth-order valence-corrected chi connectivity index (χ4v) is 4.21. The summed E-state index contributed by atoms with van der Waals surface area (Å²) in [5.41, 5.74) is 0. The maximum absolute atomic E-state index is 13.6. The van der Waals surface area contributed by atoms with Gasteiger partial charge in [0.15, 0.2) is 5.82 Å². The molecule has 0 saturated carbocycles. The molecule has 0 unspecified atom stereocenters. The molecule has 108 valence electrons. The minimum absolute atomic E-state index is 0.113. The van der Waals surface area contributed by atoms with Crippen LogP contribution in [-0.2, 0) is 10.0 Å². The van der Waals surface area contributed by atoms with Gasteiger partial charge < -0.3 is 0 Å². The third-order valence-corrected chi connectivity index (χ3v) is 5.53. The van der Waals surface area contributed by atoms with Gasteiger partial charge in [0.25, 0.3) is 0 Å². The number of hydrogen-bond donors (Lipinski definition) is 0. The summed E-state index contributed by atoms with van der Waals surface area (Å²) in [5, 5.41) is -0.731. The van der Waals surface area contributed by atoms with Crippen molar-refractivity contribution in [1.29, 1.82) is 0 Å². The SMILES string of the molecule is CC(C)N(CCCl)S(=O)(=O)c1ccc(Cl)c(F)c1Cl. The molecule has 0 radical (unpaired) electrons. The van der Waals surface area contributed by atoms with Crippen LogP contribution in [0, 0.1) is 5.82 Å². The van der Waals surface area contributed by atoms with Crippen molar-refractivity contribution in [2.75, 3.05) is 12.4 Å². The molecule has 0 amide bonds. The standard InChI is InChI=1S/C11H13Cl3FNO2S/c1-7(2)16(6-5-12)19(17,18)9-4-3-8(13)11(15)10(9)14/h3-4,7H,5-6H2,1-2H3. The Morgan fingerprint density at radius 3 is 2.37 bits per heavy atom. The number of halogens is 4. The van der Waals surface area contributed by atoms with Crippen molar-refractivity contribution in [2.24, 2.45) is 0 Å². The highest BCUT2D eigenvalue weighted by Gasteiger charge is 2.30. The molecule has 3 nitrogen and oxygen atoms in total. The first-order chi connectivity index (χ1) is 8.73. The molecule has 8 heteroatoms.